The van der Waals surface area contributed by atoms with Gasteiger partial charge < -0.3 is 14.3 Å². The van der Waals surface area contributed by atoms with Gasteiger partial charge in [-0.3, -0.25) is 4.79 Å². The lowest BCUT2D eigenvalue weighted by atomic mass is 9.92. The molecule has 5 nitrogen and oxygen atoms in total. The zero-order valence-electron chi connectivity index (χ0n) is 13.3. The number of furan rings is 1. The quantitative estimate of drug-likeness (QED) is 0.803. The van der Waals surface area contributed by atoms with Crippen LogP contribution in [0.15, 0.2) is 59.3 Å². The molecule has 0 fully saturated rings. The Labute approximate surface area is 140 Å². The molecule has 3 heterocycles. The van der Waals surface area contributed by atoms with Crippen molar-refractivity contribution < 1.29 is 9.21 Å². The summed E-state index contributed by atoms with van der Waals surface area (Å²) < 4.78 is 7.34. The third-order valence-corrected chi connectivity index (χ3v) is 4.50. The van der Waals surface area contributed by atoms with E-state index in [1.54, 1.807) is 12.3 Å². The topological polar surface area (TPSA) is 60.1 Å². The lowest BCUT2D eigenvalue weighted by Crippen LogP contribution is -2.22. The number of aromatic nitrogens is 2. The van der Waals surface area contributed by atoms with E-state index in [0.717, 1.165) is 31.0 Å². The number of nitrogens with zero attached hydrogens (tertiary/aromatic N) is 2. The number of benzene rings is 1. The molecule has 0 bridgehead atoms. The molecule has 1 amide bonds. The molecule has 4 rings (SSSR count). The zero-order chi connectivity index (χ0) is 16.4. The van der Waals surface area contributed by atoms with Crippen LogP contribution in [0.5, 0.6) is 0 Å². The van der Waals surface area contributed by atoms with E-state index < -0.39 is 0 Å². The largest absolute Gasteiger partial charge is 0.467 e. The molecule has 0 saturated carbocycles. The Morgan fingerprint density at radius 2 is 2.12 bits per heavy atom. The summed E-state index contributed by atoms with van der Waals surface area (Å²) in [4.78, 5) is 16.8. The Hall–Kier alpha value is -2.82. The van der Waals surface area contributed by atoms with Gasteiger partial charge in [-0.25, -0.2) is 4.98 Å². The number of amides is 1. The summed E-state index contributed by atoms with van der Waals surface area (Å²) in [5.41, 5.74) is 1.82. The van der Waals surface area contributed by atoms with E-state index in [1.807, 2.05) is 18.3 Å². The predicted molar refractivity (Wildman–Crippen MR) is 89.6 cm³/mol. The number of rotatable bonds is 4. The lowest BCUT2D eigenvalue weighted by molar-refractivity contribution is 0.0943. The summed E-state index contributed by atoms with van der Waals surface area (Å²) in [5, 5.41) is 2.84. The lowest BCUT2D eigenvalue weighted by Gasteiger charge is -2.23. The Morgan fingerprint density at radius 3 is 2.92 bits per heavy atom. The number of hydrogen-bond acceptors (Lipinski definition) is 3. The summed E-state index contributed by atoms with van der Waals surface area (Å²) in [6.07, 6.45) is 5.42. The first-order chi connectivity index (χ1) is 11.8. The van der Waals surface area contributed by atoms with Gasteiger partial charge in [0.1, 0.15) is 17.3 Å². The molecule has 24 heavy (non-hydrogen) atoms. The molecule has 1 atom stereocenters. The molecule has 1 N–H and O–H groups in total. The molecule has 5 heteroatoms. The monoisotopic (exact) mass is 321 g/mol. The molecule has 0 radical (unpaired) electrons. The molecule has 1 aliphatic heterocycles. The Kier molecular flexibility index (Phi) is 3.91. The van der Waals surface area contributed by atoms with Crippen molar-refractivity contribution in [3.63, 3.8) is 0 Å². The molecule has 1 aliphatic rings. The first kappa shape index (κ1) is 14.8. The van der Waals surface area contributed by atoms with E-state index in [1.165, 1.54) is 5.56 Å². The van der Waals surface area contributed by atoms with Crippen LogP contribution in [0.4, 0.5) is 0 Å². The van der Waals surface area contributed by atoms with Crippen molar-refractivity contribution in [2.24, 2.45) is 0 Å². The van der Waals surface area contributed by atoms with Crippen molar-refractivity contribution in [1.29, 1.82) is 0 Å². The van der Waals surface area contributed by atoms with Crippen LogP contribution in [-0.4, -0.2) is 15.5 Å². The van der Waals surface area contributed by atoms with Crippen molar-refractivity contribution in [3.8, 4) is 0 Å². The maximum atomic E-state index is 12.3. The van der Waals surface area contributed by atoms with Crippen molar-refractivity contribution in [3.05, 3.63) is 77.8 Å². The Balaban J connectivity index is 1.45. The second kappa shape index (κ2) is 6.35. The fourth-order valence-corrected chi connectivity index (χ4v) is 3.22. The molecule has 1 unspecified atom stereocenters. The van der Waals surface area contributed by atoms with Gasteiger partial charge >= 0.3 is 0 Å². The van der Waals surface area contributed by atoms with Crippen molar-refractivity contribution in [1.82, 2.24) is 14.9 Å². The smallest absolute Gasteiger partial charge is 0.271 e. The standard InChI is InChI=1S/C19H19N3O2/c23-19(20-11-16-7-4-10-24-16)17-13-22-12-15(8-9-18(22)21-17)14-5-2-1-3-6-14/h1-7,10,13,15H,8-9,11-12H2,(H,20,23). The minimum Gasteiger partial charge on any atom is -0.467 e. The number of carbonyl (C=O) groups is 1. The van der Waals surface area contributed by atoms with E-state index >= 15 is 0 Å². The molecule has 3 aromatic rings. The van der Waals surface area contributed by atoms with E-state index in [0.29, 0.717) is 18.2 Å². The minimum absolute atomic E-state index is 0.162. The van der Waals surface area contributed by atoms with Crippen molar-refractivity contribution >= 4 is 5.91 Å². The van der Waals surface area contributed by atoms with Gasteiger partial charge in [0.25, 0.3) is 5.91 Å². The van der Waals surface area contributed by atoms with Gasteiger partial charge in [-0.15, -0.1) is 0 Å². The summed E-state index contributed by atoms with van der Waals surface area (Å²) in [6, 6.07) is 14.2. The van der Waals surface area contributed by atoms with Gasteiger partial charge in [-0.05, 0) is 24.1 Å². The highest BCUT2D eigenvalue weighted by Gasteiger charge is 2.23. The second-order valence-electron chi connectivity index (χ2n) is 6.10. The number of fused-ring (bicyclic) bond motifs is 1. The Bertz CT molecular complexity index is 822. The van der Waals surface area contributed by atoms with E-state index in [4.69, 9.17) is 4.42 Å². The van der Waals surface area contributed by atoms with Gasteiger partial charge in [-0.2, -0.15) is 0 Å². The zero-order valence-corrected chi connectivity index (χ0v) is 13.3. The highest BCUT2D eigenvalue weighted by molar-refractivity contribution is 5.92. The summed E-state index contributed by atoms with van der Waals surface area (Å²) in [5.74, 6) is 2.04. The van der Waals surface area contributed by atoms with E-state index in [-0.39, 0.29) is 5.91 Å². The maximum Gasteiger partial charge on any atom is 0.271 e. The highest BCUT2D eigenvalue weighted by atomic mass is 16.3. The predicted octanol–water partition coefficient (Wildman–Crippen LogP) is 3.14. The molecule has 122 valence electrons. The van der Waals surface area contributed by atoms with Gasteiger partial charge in [0.15, 0.2) is 0 Å². The molecular formula is C19H19N3O2. The highest BCUT2D eigenvalue weighted by Crippen LogP contribution is 2.28. The number of hydrogen-bond donors (Lipinski definition) is 1. The fourth-order valence-electron chi connectivity index (χ4n) is 3.22. The van der Waals surface area contributed by atoms with Crippen LogP contribution in [-0.2, 0) is 19.5 Å². The average Bonchev–Trinajstić information content (AvgIpc) is 3.29. The molecule has 1 aromatic carbocycles. The first-order valence-electron chi connectivity index (χ1n) is 8.21. The third kappa shape index (κ3) is 2.97. The normalized spacial score (nSPS) is 16.6. The minimum atomic E-state index is -0.162. The first-order valence-corrected chi connectivity index (χ1v) is 8.21. The van der Waals surface area contributed by atoms with Crippen LogP contribution in [0.3, 0.4) is 0 Å². The summed E-state index contributed by atoms with van der Waals surface area (Å²) >= 11 is 0. The average molecular weight is 321 g/mol. The Morgan fingerprint density at radius 1 is 1.25 bits per heavy atom. The molecule has 2 aromatic heterocycles. The number of nitrogens with one attached hydrogen (secondary N) is 1. The van der Waals surface area contributed by atoms with Crippen LogP contribution in [0, 0.1) is 0 Å². The van der Waals surface area contributed by atoms with Crippen LogP contribution < -0.4 is 5.32 Å². The maximum absolute atomic E-state index is 12.3. The van der Waals surface area contributed by atoms with Gasteiger partial charge in [0.2, 0.25) is 0 Å². The summed E-state index contributed by atoms with van der Waals surface area (Å²) in [6.45, 7) is 1.25. The second-order valence-corrected chi connectivity index (χ2v) is 6.10. The van der Waals surface area contributed by atoms with E-state index in [2.05, 4.69) is 39.1 Å². The van der Waals surface area contributed by atoms with Crippen LogP contribution in [0.1, 0.15) is 40.0 Å². The van der Waals surface area contributed by atoms with Crippen molar-refractivity contribution in [2.75, 3.05) is 0 Å². The SMILES string of the molecule is O=C(NCc1ccco1)c1cn2c(n1)CCC(c1ccccc1)C2. The fraction of sp³-hybridized carbons (Fsp3) is 0.263. The van der Waals surface area contributed by atoms with Gasteiger partial charge in [-0.1, -0.05) is 30.3 Å². The van der Waals surface area contributed by atoms with Crippen molar-refractivity contribution in [2.45, 2.75) is 31.8 Å². The number of aryl methyl sites for hydroxylation is 1. The van der Waals surface area contributed by atoms with Crippen LogP contribution in [0.25, 0.3) is 0 Å². The number of carbonyl (C=O) groups excluding carboxylic acids is 1. The van der Waals surface area contributed by atoms with Gasteiger partial charge in [0.05, 0.1) is 12.8 Å². The molecule has 0 spiro atoms. The molecule has 0 aliphatic carbocycles. The number of imidazole rings is 1. The van der Waals surface area contributed by atoms with Crippen LogP contribution in [0.2, 0.25) is 0 Å². The molecule has 0 saturated heterocycles. The van der Waals surface area contributed by atoms with Crippen LogP contribution >= 0.6 is 0 Å². The summed E-state index contributed by atoms with van der Waals surface area (Å²) in [7, 11) is 0. The van der Waals surface area contributed by atoms with E-state index in [9.17, 15) is 4.79 Å². The third-order valence-electron chi connectivity index (χ3n) is 4.50. The molecular weight excluding hydrogens is 302 g/mol. The van der Waals surface area contributed by atoms with Gasteiger partial charge in [0, 0.05) is 25.1 Å².